The SMILES string of the molecule is O=C(Cc1ccc2ocnc2c1)Nc1ccc(OCc2noc(C3CC3)n2)cc1. The second-order valence-corrected chi connectivity index (χ2v) is 7.02. The molecule has 1 aliphatic rings. The van der Waals surface area contributed by atoms with E-state index in [2.05, 4.69) is 20.4 Å². The third kappa shape index (κ3) is 4.11. The molecular weight excluding hydrogens is 372 g/mol. The lowest BCUT2D eigenvalue weighted by molar-refractivity contribution is -0.115. The zero-order valence-electron chi connectivity index (χ0n) is 15.5. The Morgan fingerprint density at radius 3 is 2.86 bits per heavy atom. The van der Waals surface area contributed by atoms with Gasteiger partial charge in [-0.15, -0.1) is 0 Å². The number of nitrogens with one attached hydrogen (secondary N) is 1. The Bertz CT molecular complexity index is 1140. The smallest absolute Gasteiger partial charge is 0.229 e. The van der Waals surface area contributed by atoms with Gasteiger partial charge in [0, 0.05) is 11.6 Å². The highest BCUT2D eigenvalue weighted by molar-refractivity contribution is 5.92. The van der Waals surface area contributed by atoms with Gasteiger partial charge in [-0.1, -0.05) is 11.2 Å². The molecule has 1 N–H and O–H groups in total. The van der Waals surface area contributed by atoms with Crippen LogP contribution in [0.5, 0.6) is 5.75 Å². The van der Waals surface area contributed by atoms with E-state index in [9.17, 15) is 4.79 Å². The first-order valence-electron chi connectivity index (χ1n) is 9.40. The number of anilines is 1. The van der Waals surface area contributed by atoms with Crippen LogP contribution in [0.3, 0.4) is 0 Å². The van der Waals surface area contributed by atoms with E-state index in [1.54, 1.807) is 24.3 Å². The Balaban J connectivity index is 1.14. The summed E-state index contributed by atoms with van der Waals surface area (Å²) >= 11 is 0. The summed E-state index contributed by atoms with van der Waals surface area (Å²) in [6, 6.07) is 12.7. The summed E-state index contributed by atoms with van der Waals surface area (Å²) in [7, 11) is 0. The van der Waals surface area contributed by atoms with Crippen molar-refractivity contribution in [3.05, 3.63) is 66.1 Å². The molecule has 8 nitrogen and oxygen atoms in total. The molecule has 1 amide bonds. The molecule has 1 fully saturated rings. The van der Waals surface area contributed by atoms with Crippen LogP contribution in [0, 0.1) is 0 Å². The first kappa shape index (κ1) is 17.4. The number of fused-ring (bicyclic) bond motifs is 1. The van der Waals surface area contributed by atoms with Crippen molar-refractivity contribution in [2.24, 2.45) is 0 Å². The number of hydrogen-bond acceptors (Lipinski definition) is 7. The Kier molecular flexibility index (Phi) is 4.44. The summed E-state index contributed by atoms with van der Waals surface area (Å²) in [4.78, 5) is 20.7. The number of nitrogens with zero attached hydrogens (tertiary/aromatic N) is 3. The molecule has 4 aromatic rings. The van der Waals surface area contributed by atoms with Crippen LogP contribution in [0.2, 0.25) is 0 Å². The van der Waals surface area contributed by atoms with E-state index in [4.69, 9.17) is 13.7 Å². The van der Waals surface area contributed by atoms with Crippen LogP contribution in [0.4, 0.5) is 5.69 Å². The fourth-order valence-corrected chi connectivity index (χ4v) is 3.01. The third-order valence-electron chi connectivity index (χ3n) is 4.68. The maximum atomic E-state index is 12.3. The van der Waals surface area contributed by atoms with Crippen LogP contribution in [0.15, 0.2) is 57.8 Å². The molecule has 2 heterocycles. The Morgan fingerprint density at radius 2 is 2.03 bits per heavy atom. The molecule has 5 rings (SSSR count). The van der Waals surface area contributed by atoms with Crippen molar-refractivity contribution >= 4 is 22.7 Å². The first-order chi connectivity index (χ1) is 14.2. The van der Waals surface area contributed by atoms with Crippen LogP contribution in [0.25, 0.3) is 11.1 Å². The molecule has 1 aliphatic carbocycles. The molecule has 0 atom stereocenters. The summed E-state index contributed by atoms with van der Waals surface area (Å²) in [6.45, 7) is 0.243. The minimum absolute atomic E-state index is 0.110. The molecule has 8 heteroatoms. The predicted molar refractivity (Wildman–Crippen MR) is 103 cm³/mol. The molecule has 0 bridgehead atoms. The van der Waals surface area contributed by atoms with Crippen molar-refractivity contribution in [3.8, 4) is 5.75 Å². The van der Waals surface area contributed by atoms with Crippen LogP contribution in [-0.4, -0.2) is 21.0 Å². The number of carbonyl (C=O) groups excluding carboxylic acids is 1. The zero-order valence-corrected chi connectivity index (χ0v) is 15.5. The number of rotatable bonds is 7. The van der Waals surface area contributed by atoms with Crippen molar-refractivity contribution in [2.75, 3.05) is 5.32 Å². The van der Waals surface area contributed by atoms with Gasteiger partial charge in [-0.3, -0.25) is 4.79 Å². The highest BCUT2D eigenvalue weighted by Gasteiger charge is 2.29. The highest BCUT2D eigenvalue weighted by Crippen LogP contribution is 2.38. The van der Waals surface area contributed by atoms with Crippen LogP contribution in [0.1, 0.15) is 36.0 Å². The summed E-state index contributed by atoms with van der Waals surface area (Å²) in [5, 5.41) is 6.80. The molecule has 146 valence electrons. The van der Waals surface area contributed by atoms with E-state index in [-0.39, 0.29) is 18.9 Å². The van der Waals surface area contributed by atoms with Gasteiger partial charge in [0.05, 0.1) is 6.42 Å². The molecule has 2 aromatic carbocycles. The van der Waals surface area contributed by atoms with Gasteiger partial charge in [-0.2, -0.15) is 4.98 Å². The van der Waals surface area contributed by atoms with Crippen LogP contribution < -0.4 is 10.1 Å². The third-order valence-corrected chi connectivity index (χ3v) is 4.68. The second-order valence-electron chi connectivity index (χ2n) is 7.02. The van der Waals surface area contributed by atoms with Gasteiger partial charge >= 0.3 is 0 Å². The first-order valence-corrected chi connectivity index (χ1v) is 9.40. The zero-order chi connectivity index (χ0) is 19.6. The predicted octanol–water partition coefficient (Wildman–Crippen LogP) is 3.85. The van der Waals surface area contributed by atoms with Gasteiger partial charge in [-0.05, 0) is 54.8 Å². The normalized spacial score (nSPS) is 13.5. The number of carbonyl (C=O) groups is 1. The van der Waals surface area contributed by atoms with Gasteiger partial charge < -0.3 is 19.0 Å². The fourth-order valence-electron chi connectivity index (χ4n) is 3.01. The van der Waals surface area contributed by atoms with Crippen molar-refractivity contribution in [1.82, 2.24) is 15.1 Å². The number of hydrogen-bond donors (Lipinski definition) is 1. The van der Waals surface area contributed by atoms with Gasteiger partial charge in [0.1, 0.15) is 11.3 Å². The number of oxazole rings is 1. The van der Waals surface area contributed by atoms with Crippen LogP contribution >= 0.6 is 0 Å². The molecule has 1 saturated carbocycles. The van der Waals surface area contributed by atoms with Crippen molar-refractivity contribution in [3.63, 3.8) is 0 Å². The Morgan fingerprint density at radius 1 is 1.17 bits per heavy atom. The summed E-state index contributed by atoms with van der Waals surface area (Å²) in [6.07, 6.45) is 3.88. The van der Waals surface area contributed by atoms with E-state index in [1.165, 1.54) is 6.39 Å². The van der Waals surface area contributed by atoms with E-state index in [0.29, 0.717) is 34.7 Å². The lowest BCUT2D eigenvalue weighted by Crippen LogP contribution is -2.14. The monoisotopic (exact) mass is 390 g/mol. The minimum Gasteiger partial charge on any atom is -0.485 e. The summed E-state index contributed by atoms with van der Waals surface area (Å²) in [5.41, 5.74) is 3.01. The average molecular weight is 390 g/mol. The number of aromatic nitrogens is 3. The molecule has 0 radical (unpaired) electrons. The van der Waals surface area contributed by atoms with Crippen molar-refractivity contribution in [1.29, 1.82) is 0 Å². The van der Waals surface area contributed by atoms with Crippen molar-refractivity contribution in [2.45, 2.75) is 31.8 Å². The van der Waals surface area contributed by atoms with Gasteiger partial charge in [0.15, 0.2) is 18.6 Å². The molecule has 2 aromatic heterocycles. The summed E-state index contributed by atoms with van der Waals surface area (Å²) < 4.78 is 16.1. The second kappa shape index (κ2) is 7.38. The quantitative estimate of drug-likeness (QED) is 0.511. The van der Waals surface area contributed by atoms with E-state index >= 15 is 0 Å². The Hall–Kier alpha value is -3.68. The van der Waals surface area contributed by atoms with E-state index < -0.39 is 0 Å². The van der Waals surface area contributed by atoms with Crippen molar-refractivity contribution < 1.29 is 18.5 Å². The number of ether oxygens (including phenoxy) is 1. The molecule has 29 heavy (non-hydrogen) atoms. The largest absolute Gasteiger partial charge is 0.485 e. The number of benzene rings is 2. The van der Waals surface area contributed by atoms with Gasteiger partial charge in [0.25, 0.3) is 0 Å². The maximum absolute atomic E-state index is 12.3. The van der Waals surface area contributed by atoms with E-state index in [1.807, 2.05) is 18.2 Å². The molecule has 0 saturated heterocycles. The average Bonchev–Trinajstić information content (AvgIpc) is 3.28. The minimum atomic E-state index is -0.110. The van der Waals surface area contributed by atoms with Crippen LogP contribution in [-0.2, 0) is 17.8 Å². The maximum Gasteiger partial charge on any atom is 0.229 e. The molecular formula is C21H18N4O4. The van der Waals surface area contributed by atoms with Gasteiger partial charge in [-0.25, -0.2) is 4.98 Å². The topological polar surface area (TPSA) is 103 Å². The molecule has 0 aliphatic heterocycles. The standard InChI is InChI=1S/C21H18N4O4/c26-20(10-13-1-8-18-17(9-13)22-12-28-18)23-15-4-6-16(7-5-15)27-11-19-24-21(29-25-19)14-2-3-14/h1,4-9,12,14H,2-3,10-11H2,(H,23,26). The lowest BCUT2D eigenvalue weighted by Gasteiger charge is -2.07. The van der Waals surface area contributed by atoms with E-state index in [0.717, 1.165) is 23.9 Å². The lowest BCUT2D eigenvalue weighted by atomic mass is 10.1. The highest BCUT2D eigenvalue weighted by atomic mass is 16.5. The fraction of sp³-hybridized carbons (Fsp3) is 0.238. The number of amides is 1. The Labute approximate surface area is 165 Å². The summed E-state index contributed by atoms with van der Waals surface area (Å²) in [5.74, 6) is 2.22. The van der Waals surface area contributed by atoms with Gasteiger partial charge in [0.2, 0.25) is 17.6 Å². The molecule has 0 unspecified atom stereocenters. The molecule has 0 spiro atoms.